The normalized spacial score (nSPS) is 11.3. The summed E-state index contributed by atoms with van der Waals surface area (Å²) >= 11 is 7.96. The number of nitrogens with one attached hydrogen (secondary N) is 1. The van der Waals surface area contributed by atoms with Gasteiger partial charge in [0.15, 0.2) is 0 Å². The lowest BCUT2D eigenvalue weighted by atomic mass is 10.3. The van der Waals surface area contributed by atoms with Crippen LogP contribution >= 0.6 is 23.4 Å². The molecule has 31 heavy (non-hydrogen) atoms. The first-order valence-electron chi connectivity index (χ1n) is 9.67. The minimum atomic E-state index is -3.96. The average Bonchev–Trinajstić information content (AvgIpc) is 3.29. The van der Waals surface area contributed by atoms with Crippen LogP contribution in [-0.2, 0) is 20.6 Å². The topological polar surface area (TPSA) is 79.6 Å². The number of amides is 1. The van der Waals surface area contributed by atoms with Crippen LogP contribution in [0.1, 0.15) is 12.2 Å². The van der Waals surface area contributed by atoms with Crippen LogP contribution in [-0.4, -0.2) is 33.2 Å². The van der Waals surface area contributed by atoms with Gasteiger partial charge < -0.3 is 9.73 Å². The smallest absolute Gasteiger partial charge is 0.264 e. The highest BCUT2D eigenvalue weighted by Crippen LogP contribution is 2.30. The van der Waals surface area contributed by atoms with Crippen molar-refractivity contribution < 1.29 is 17.6 Å². The van der Waals surface area contributed by atoms with Crippen molar-refractivity contribution >= 4 is 45.0 Å². The number of para-hydroxylation sites is 1. The van der Waals surface area contributed by atoms with Gasteiger partial charge in [0, 0.05) is 6.54 Å². The number of anilines is 1. The number of furan rings is 1. The lowest BCUT2D eigenvalue weighted by Crippen LogP contribution is -2.41. The van der Waals surface area contributed by atoms with Crippen molar-refractivity contribution in [2.24, 2.45) is 0 Å². The highest BCUT2D eigenvalue weighted by Gasteiger charge is 2.28. The van der Waals surface area contributed by atoms with Crippen molar-refractivity contribution in [3.05, 3.63) is 83.8 Å². The Morgan fingerprint density at radius 2 is 1.77 bits per heavy atom. The fraction of sp³-hybridized carbons (Fsp3) is 0.227. The van der Waals surface area contributed by atoms with Crippen LogP contribution < -0.4 is 9.62 Å². The average molecular weight is 479 g/mol. The Hall–Kier alpha value is -2.42. The van der Waals surface area contributed by atoms with E-state index in [1.54, 1.807) is 60.5 Å². The fourth-order valence-electron chi connectivity index (χ4n) is 2.83. The Bertz CT molecular complexity index is 1070. The molecule has 0 bridgehead atoms. The summed E-state index contributed by atoms with van der Waals surface area (Å²) in [5, 5.41) is 3.05. The summed E-state index contributed by atoms with van der Waals surface area (Å²) in [5.41, 5.74) is 0.261. The molecule has 0 aliphatic heterocycles. The molecule has 1 amide bonds. The van der Waals surface area contributed by atoms with Crippen LogP contribution in [0, 0.1) is 0 Å². The second kappa shape index (κ2) is 11.3. The second-order valence-corrected chi connectivity index (χ2v) is 9.99. The number of halogens is 1. The number of hydrogen-bond acceptors (Lipinski definition) is 5. The maximum absolute atomic E-state index is 13.2. The van der Waals surface area contributed by atoms with Crippen LogP contribution in [0.4, 0.5) is 5.69 Å². The molecule has 3 aromatic rings. The molecule has 9 heteroatoms. The Labute approximate surface area is 191 Å². The van der Waals surface area contributed by atoms with Crippen LogP contribution in [0.3, 0.4) is 0 Å². The standard InChI is InChI=1S/C22H23ClN2O4S2/c23-20-11-4-5-12-21(20)25(31(27,28)19-9-2-1-3-10-19)16-22(26)24-13-7-15-30-17-18-8-6-14-29-18/h1-6,8-12,14H,7,13,15-17H2,(H,24,26). The molecule has 2 aromatic carbocycles. The molecule has 1 heterocycles. The number of nitrogens with zero attached hydrogens (tertiary/aromatic N) is 1. The number of sulfonamides is 1. The van der Waals surface area contributed by atoms with Crippen LogP contribution in [0.2, 0.25) is 5.02 Å². The predicted octanol–water partition coefficient (Wildman–Crippen LogP) is 4.57. The molecular formula is C22H23ClN2O4S2. The van der Waals surface area contributed by atoms with Gasteiger partial charge in [0.25, 0.3) is 10.0 Å². The number of hydrogen-bond donors (Lipinski definition) is 1. The number of carbonyl (C=O) groups is 1. The van der Waals surface area contributed by atoms with Crippen molar-refractivity contribution in [1.82, 2.24) is 5.32 Å². The van der Waals surface area contributed by atoms with Crippen LogP contribution in [0.15, 0.2) is 82.3 Å². The molecule has 3 rings (SSSR count). The molecule has 164 valence electrons. The molecule has 0 aliphatic carbocycles. The van der Waals surface area contributed by atoms with E-state index < -0.39 is 15.9 Å². The van der Waals surface area contributed by atoms with Gasteiger partial charge in [0.1, 0.15) is 12.3 Å². The Balaban J connectivity index is 1.61. The molecule has 1 N–H and O–H groups in total. The molecule has 0 saturated carbocycles. The fourth-order valence-corrected chi connectivity index (χ4v) is 5.44. The molecule has 0 unspecified atom stereocenters. The number of benzene rings is 2. The van der Waals surface area contributed by atoms with E-state index in [4.69, 9.17) is 16.0 Å². The van der Waals surface area contributed by atoms with Gasteiger partial charge in [-0.2, -0.15) is 11.8 Å². The van der Waals surface area contributed by atoms with Crippen molar-refractivity contribution in [1.29, 1.82) is 0 Å². The Morgan fingerprint density at radius 3 is 2.48 bits per heavy atom. The molecule has 1 aromatic heterocycles. The summed E-state index contributed by atoms with van der Waals surface area (Å²) in [4.78, 5) is 12.6. The van der Waals surface area contributed by atoms with Gasteiger partial charge in [0.2, 0.25) is 5.91 Å². The minimum Gasteiger partial charge on any atom is -0.468 e. The lowest BCUT2D eigenvalue weighted by molar-refractivity contribution is -0.119. The SMILES string of the molecule is O=C(CN(c1ccccc1Cl)S(=O)(=O)c1ccccc1)NCCCSCc1ccco1. The van der Waals surface area contributed by atoms with E-state index >= 15 is 0 Å². The first-order chi connectivity index (χ1) is 15.0. The lowest BCUT2D eigenvalue weighted by Gasteiger charge is -2.25. The molecule has 0 radical (unpaired) electrons. The summed E-state index contributed by atoms with van der Waals surface area (Å²) in [6, 6.07) is 18.3. The van der Waals surface area contributed by atoms with E-state index in [9.17, 15) is 13.2 Å². The van der Waals surface area contributed by atoms with Gasteiger partial charge in [-0.15, -0.1) is 0 Å². The first-order valence-corrected chi connectivity index (χ1v) is 12.6. The molecule has 0 fully saturated rings. The summed E-state index contributed by atoms with van der Waals surface area (Å²) in [5.74, 6) is 2.14. The summed E-state index contributed by atoms with van der Waals surface area (Å²) in [6.07, 6.45) is 2.40. The first kappa shape index (κ1) is 23.2. The molecule has 0 aliphatic rings. The summed E-state index contributed by atoms with van der Waals surface area (Å²) < 4.78 is 32.8. The minimum absolute atomic E-state index is 0.0945. The van der Waals surface area contributed by atoms with E-state index in [1.165, 1.54) is 12.1 Å². The third-order valence-corrected chi connectivity index (χ3v) is 7.51. The maximum Gasteiger partial charge on any atom is 0.264 e. The van der Waals surface area contributed by atoms with Gasteiger partial charge in [-0.05, 0) is 48.6 Å². The van der Waals surface area contributed by atoms with E-state index in [-0.39, 0.29) is 22.2 Å². The van der Waals surface area contributed by atoms with Crippen LogP contribution in [0.5, 0.6) is 0 Å². The number of carbonyl (C=O) groups excluding carboxylic acids is 1. The highest BCUT2D eigenvalue weighted by atomic mass is 35.5. The third-order valence-electron chi connectivity index (χ3n) is 4.35. The summed E-state index contributed by atoms with van der Waals surface area (Å²) in [6.45, 7) is 0.0895. The van der Waals surface area contributed by atoms with E-state index in [0.717, 1.165) is 28.0 Å². The molecule has 0 atom stereocenters. The van der Waals surface area contributed by atoms with Crippen molar-refractivity contribution in [2.75, 3.05) is 23.1 Å². The molecule has 6 nitrogen and oxygen atoms in total. The van der Waals surface area contributed by atoms with Crippen molar-refractivity contribution in [2.45, 2.75) is 17.1 Å². The summed E-state index contributed by atoms with van der Waals surface area (Å²) in [7, 11) is -3.96. The number of rotatable bonds is 11. The van der Waals surface area contributed by atoms with E-state index in [2.05, 4.69) is 5.32 Å². The van der Waals surface area contributed by atoms with Gasteiger partial charge in [-0.25, -0.2) is 8.42 Å². The predicted molar refractivity (Wildman–Crippen MR) is 125 cm³/mol. The van der Waals surface area contributed by atoms with Gasteiger partial charge in [0.05, 0.1) is 27.6 Å². The zero-order valence-corrected chi connectivity index (χ0v) is 19.1. The number of thioether (sulfide) groups is 1. The zero-order valence-electron chi connectivity index (χ0n) is 16.7. The van der Waals surface area contributed by atoms with Crippen molar-refractivity contribution in [3.63, 3.8) is 0 Å². The molecule has 0 spiro atoms. The second-order valence-electron chi connectivity index (χ2n) is 6.61. The van der Waals surface area contributed by atoms with E-state index in [1.807, 2.05) is 12.1 Å². The van der Waals surface area contributed by atoms with Gasteiger partial charge in [-0.1, -0.05) is 41.9 Å². The molecular weight excluding hydrogens is 456 g/mol. The highest BCUT2D eigenvalue weighted by molar-refractivity contribution is 7.98. The van der Waals surface area contributed by atoms with Crippen LogP contribution in [0.25, 0.3) is 0 Å². The Morgan fingerprint density at radius 1 is 1.03 bits per heavy atom. The monoisotopic (exact) mass is 478 g/mol. The largest absolute Gasteiger partial charge is 0.468 e. The zero-order chi connectivity index (χ0) is 22.1. The van der Waals surface area contributed by atoms with Crippen molar-refractivity contribution in [3.8, 4) is 0 Å². The van der Waals surface area contributed by atoms with Gasteiger partial charge in [-0.3, -0.25) is 9.10 Å². The molecule has 0 saturated heterocycles. The third kappa shape index (κ3) is 6.53. The maximum atomic E-state index is 13.2. The van der Waals surface area contributed by atoms with E-state index in [0.29, 0.717) is 6.54 Å². The quantitative estimate of drug-likeness (QED) is 0.408. The Kier molecular flexibility index (Phi) is 8.45. The van der Waals surface area contributed by atoms with Gasteiger partial charge >= 0.3 is 0 Å².